The van der Waals surface area contributed by atoms with E-state index in [4.69, 9.17) is 5.73 Å². The van der Waals surface area contributed by atoms with Gasteiger partial charge in [0.1, 0.15) is 0 Å². The highest BCUT2D eigenvalue weighted by atomic mass is 15.3. The van der Waals surface area contributed by atoms with Gasteiger partial charge in [-0.3, -0.25) is 9.58 Å². The highest BCUT2D eigenvalue weighted by Crippen LogP contribution is 2.28. The minimum absolute atomic E-state index is 0.313. The van der Waals surface area contributed by atoms with Crippen LogP contribution in [0.3, 0.4) is 0 Å². The van der Waals surface area contributed by atoms with Gasteiger partial charge in [-0.15, -0.1) is 0 Å². The lowest BCUT2D eigenvalue weighted by Gasteiger charge is -2.36. The van der Waals surface area contributed by atoms with Crippen molar-refractivity contribution in [1.82, 2.24) is 14.7 Å². The summed E-state index contributed by atoms with van der Waals surface area (Å²) in [4.78, 5) is 2.47. The fraction of sp³-hybridized carbons (Fsp3) is 0.786. The van der Waals surface area contributed by atoms with Crippen LogP contribution in [0.15, 0.2) is 12.4 Å². The second-order valence-electron chi connectivity index (χ2n) is 5.34. The van der Waals surface area contributed by atoms with Crippen molar-refractivity contribution in [2.45, 2.75) is 57.7 Å². The van der Waals surface area contributed by atoms with Gasteiger partial charge in [0.15, 0.2) is 0 Å². The summed E-state index contributed by atoms with van der Waals surface area (Å²) >= 11 is 0. The third kappa shape index (κ3) is 2.93. The molecule has 1 aliphatic carbocycles. The predicted molar refractivity (Wildman–Crippen MR) is 74.3 cm³/mol. The number of aryl methyl sites for hydroxylation is 1. The highest BCUT2D eigenvalue weighted by molar-refractivity contribution is 5.11. The normalized spacial score (nSPS) is 19.3. The van der Waals surface area contributed by atoms with Gasteiger partial charge in [-0.1, -0.05) is 19.3 Å². The third-order valence-electron chi connectivity index (χ3n) is 4.23. The third-order valence-corrected chi connectivity index (χ3v) is 4.23. The molecule has 0 aliphatic heterocycles. The lowest BCUT2D eigenvalue weighted by atomic mass is 9.93. The van der Waals surface area contributed by atoms with Crippen LogP contribution in [0.25, 0.3) is 0 Å². The van der Waals surface area contributed by atoms with E-state index in [2.05, 4.69) is 30.2 Å². The van der Waals surface area contributed by atoms with E-state index in [1.54, 1.807) is 0 Å². The van der Waals surface area contributed by atoms with Crippen molar-refractivity contribution in [3.8, 4) is 0 Å². The number of rotatable bonds is 5. The van der Waals surface area contributed by atoms with E-state index >= 15 is 0 Å². The first-order valence-electron chi connectivity index (χ1n) is 7.20. The van der Waals surface area contributed by atoms with Gasteiger partial charge in [0, 0.05) is 30.9 Å². The van der Waals surface area contributed by atoms with Gasteiger partial charge in [0.2, 0.25) is 0 Å². The van der Waals surface area contributed by atoms with Crippen molar-refractivity contribution in [1.29, 1.82) is 0 Å². The Balaban J connectivity index is 2.06. The Hall–Kier alpha value is -0.870. The lowest BCUT2D eigenvalue weighted by Crippen LogP contribution is -2.39. The van der Waals surface area contributed by atoms with E-state index in [1.807, 2.05) is 10.9 Å². The molecule has 0 aromatic carbocycles. The first-order valence-corrected chi connectivity index (χ1v) is 7.20. The van der Waals surface area contributed by atoms with Gasteiger partial charge in [0.25, 0.3) is 0 Å². The van der Waals surface area contributed by atoms with Crippen molar-refractivity contribution in [3.05, 3.63) is 18.0 Å². The topological polar surface area (TPSA) is 47.1 Å². The molecule has 1 aliphatic rings. The first-order chi connectivity index (χ1) is 8.76. The minimum Gasteiger partial charge on any atom is -0.329 e. The molecule has 18 heavy (non-hydrogen) atoms. The number of hydrogen-bond acceptors (Lipinski definition) is 3. The summed E-state index contributed by atoms with van der Waals surface area (Å²) in [7, 11) is 2.22. The van der Waals surface area contributed by atoms with Crippen molar-refractivity contribution in [2.24, 2.45) is 5.73 Å². The Bertz CT molecular complexity index is 354. The Morgan fingerprint density at radius 1 is 1.44 bits per heavy atom. The van der Waals surface area contributed by atoms with Crippen LogP contribution in [0, 0.1) is 0 Å². The molecule has 1 atom stereocenters. The standard InChI is InChI=1S/C14H26N4/c1-3-18-11-12(10-16-18)14(9-15)17(2)13-7-5-4-6-8-13/h10-11,13-14H,3-9,15H2,1-2H3. The molecular weight excluding hydrogens is 224 g/mol. The number of likely N-dealkylation sites (N-methyl/N-ethyl adjacent to an activating group) is 1. The van der Waals surface area contributed by atoms with Crippen LogP contribution in [0.4, 0.5) is 0 Å². The van der Waals surface area contributed by atoms with E-state index in [9.17, 15) is 0 Å². The van der Waals surface area contributed by atoms with Crippen LogP contribution >= 0.6 is 0 Å². The van der Waals surface area contributed by atoms with Crippen LogP contribution in [-0.4, -0.2) is 34.3 Å². The quantitative estimate of drug-likeness (QED) is 0.871. The van der Waals surface area contributed by atoms with Crippen molar-refractivity contribution >= 4 is 0 Å². The molecule has 1 unspecified atom stereocenters. The summed E-state index contributed by atoms with van der Waals surface area (Å²) in [6.45, 7) is 3.70. The van der Waals surface area contributed by atoms with Crippen LogP contribution in [0.2, 0.25) is 0 Å². The minimum atomic E-state index is 0.313. The van der Waals surface area contributed by atoms with Gasteiger partial charge in [-0.05, 0) is 26.8 Å². The molecule has 0 spiro atoms. The summed E-state index contributed by atoms with van der Waals surface area (Å²) in [5, 5.41) is 4.37. The van der Waals surface area contributed by atoms with E-state index < -0.39 is 0 Å². The Kier molecular flexibility index (Phi) is 4.78. The monoisotopic (exact) mass is 250 g/mol. The van der Waals surface area contributed by atoms with E-state index in [0.717, 1.165) is 6.54 Å². The Morgan fingerprint density at radius 2 is 2.17 bits per heavy atom. The number of nitrogens with zero attached hydrogens (tertiary/aromatic N) is 3. The molecule has 4 nitrogen and oxygen atoms in total. The molecule has 102 valence electrons. The first kappa shape index (κ1) is 13.6. The summed E-state index contributed by atoms with van der Waals surface area (Å²) in [5.41, 5.74) is 7.24. The van der Waals surface area contributed by atoms with Gasteiger partial charge < -0.3 is 5.73 Å². The zero-order valence-electron chi connectivity index (χ0n) is 11.7. The maximum Gasteiger partial charge on any atom is 0.0538 e. The summed E-state index contributed by atoms with van der Waals surface area (Å²) in [6.07, 6.45) is 10.9. The van der Waals surface area contributed by atoms with Crippen LogP contribution < -0.4 is 5.73 Å². The molecule has 1 fully saturated rings. The highest BCUT2D eigenvalue weighted by Gasteiger charge is 2.25. The van der Waals surface area contributed by atoms with Gasteiger partial charge in [-0.25, -0.2) is 0 Å². The molecule has 1 aromatic heterocycles. The van der Waals surface area contributed by atoms with Crippen molar-refractivity contribution < 1.29 is 0 Å². The molecule has 4 heteroatoms. The van der Waals surface area contributed by atoms with Crippen LogP contribution in [0.5, 0.6) is 0 Å². The second kappa shape index (κ2) is 6.34. The van der Waals surface area contributed by atoms with Gasteiger partial charge >= 0.3 is 0 Å². The summed E-state index contributed by atoms with van der Waals surface area (Å²) in [6, 6.07) is 1.01. The molecular formula is C14H26N4. The fourth-order valence-electron chi connectivity index (χ4n) is 3.00. The Morgan fingerprint density at radius 3 is 2.72 bits per heavy atom. The average Bonchev–Trinajstić information content (AvgIpc) is 2.89. The largest absolute Gasteiger partial charge is 0.329 e. The van der Waals surface area contributed by atoms with E-state index in [-0.39, 0.29) is 0 Å². The van der Waals surface area contributed by atoms with E-state index in [0.29, 0.717) is 18.6 Å². The molecule has 0 radical (unpaired) electrons. The zero-order chi connectivity index (χ0) is 13.0. The van der Waals surface area contributed by atoms with Gasteiger partial charge in [0.05, 0.1) is 12.2 Å². The van der Waals surface area contributed by atoms with Gasteiger partial charge in [-0.2, -0.15) is 5.10 Å². The smallest absolute Gasteiger partial charge is 0.0538 e. The van der Waals surface area contributed by atoms with Crippen molar-refractivity contribution in [3.63, 3.8) is 0 Å². The lowest BCUT2D eigenvalue weighted by molar-refractivity contribution is 0.140. The molecule has 0 saturated heterocycles. The molecule has 1 heterocycles. The van der Waals surface area contributed by atoms with E-state index in [1.165, 1.54) is 37.7 Å². The maximum absolute atomic E-state index is 5.98. The molecule has 1 saturated carbocycles. The molecule has 1 aromatic rings. The van der Waals surface area contributed by atoms with Crippen LogP contribution in [0.1, 0.15) is 50.6 Å². The number of hydrogen-bond donors (Lipinski definition) is 1. The zero-order valence-corrected chi connectivity index (χ0v) is 11.7. The predicted octanol–water partition coefficient (Wildman–Crippen LogP) is 2.17. The summed E-state index contributed by atoms with van der Waals surface area (Å²) < 4.78 is 1.98. The molecule has 2 rings (SSSR count). The van der Waals surface area contributed by atoms with Crippen LogP contribution in [-0.2, 0) is 6.54 Å². The second-order valence-corrected chi connectivity index (χ2v) is 5.34. The SMILES string of the molecule is CCn1cc(C(CN)N(C)C2CCCCC2)cn1. The molecule has 2 N–H and O–H groups in total. The summed E-state index contributed by atoms with van der Waals surface area (Å²) in [5.74, 6) is 0. The Labute approximate surface area is 110 Å². The fourth-order valence-corrected chi connectivity index (χ4v) is 3.00. The molecule has 0 bridgehead atoms. The van der Waals surface area contributed by atoms with Crippen molar-refractivity contribution in [2.75, 3.05) is 13.6 Å². The maximum atomic E-state index is 5.98. The number of aromatic nitrogens is 2. The number of nitrogens with two attached hydrogens (primary N) is 1. The molecule has 0 amide bonds. The average molecular weight is 250 g/mol.